The molecule has 0 fully saturated rings. The average molecular weight is 372 g/mol. The fraction of sp³-hybridized carbons (Fsp3) is 0.200. The summed E-state index contributed by atoms with van der Waals surface area (Å²) in [6.45, 7) is 3.95. The number of fused-ring (bicyclic) bond motifs is 1. The molecule has 3 rings (SSSR count). The van der Waals surface area contributed by atoms with E-state index >= 15 is 0 Å². The summed E-state index contributed by atoms with van der Waals surface area (Å²) in [6, 6.07) is 10.6. The molecule has 1 aromatic heterocycles. The Labute approximate surface area is 154 Å². The third-order valence-electron chi connectivity index (χ3n) is 4.21. The molecule has 0 aliphatic rings. The molecule has 3 aromatic rings. The molecular formula is C20H18F2N2O3. The standard InChI is InChI=1S/C20H18F2N2O3/c1-3-24-11-14(13-7-4-5-10-17(13)24)20(26)27-12(2)19(25)23-18-15(21)8-6-9-16(18)22/h4-12H,3H2,1-2H3,(H,23,25). The van der Waals surface area contributed by atoms with E-state index in [2.05, 4.69) is 5.32 Å². The van der Waals surface area contributed by atoms with Crippen LogP contribution in [-0.4, -0.2) is 22.5 Å². The van der Waals surface area contributed by atoms with E-state index in [4.69, 9.17) is 4.74 Å². The fourth-order valence-electron chi connectivity index (χ4n) is 2.79. The van der Waals surface area contributed by atoms with Crippen LogP contribution in [0, 0.1) is 11.6 Å². The van der Waals surface area contributed by atoms with Crippen LogP contribution in [-0.2, 0) is 16.1 Å². The van der Waals surface area contributed by atoms with E-state index in [1.54, 1.807) is 18.3 Å². The number of hydrogen-bond donors (Lipinski definition) is 1. The predicted molar refractivity (Wildman–Crippen MR) is 97.5 cm³/mol. The molecule has 0 radical (unpaired) electrons. The molecule has 0 aliphatic heterocycles. The number of ether oxygens (including phenoxy) is 1. The quantitative estimate of drug-likeness (QED) is 0.686. The van der Waals surface area contributed by atoms with Gasteiger partial charge in [0.25, 0.3) is 5.91 Å². The van der Waals surface area contributed by atoms with Gasteiger partial charge in [-0.2, -0.15) is 0 Å². The SMILES string of the molecule is CCn1cc(C(=O)OC(C)C(=O)Nc2c(F)cccc2F)c2ccccc21. The van der Waals surface area contributed by atoms with Crippen LogP contribution >= 0.6 is 0 Å². The van der Waals surface area contributed by atoms with Crippen molar-refractivity contribution in [3.05, 3.63) is 65.9 Å². The first-order valence-corrected chi connectivity index (χ1v) is 8.46. The third kappa shape index (κ3) is 3.67. The molecule has 0 spiro atoms. The van der Waals surface area contributed by atoms with Crippen molar-refractivity contribution in [1.29, 1.82) is 0 Å². The minimum absolute atomic E-state index is 0.323. The number of amides is 1. The van der Waals surface area contributed by atoms with E-state index in [0.717, 1.165) is 17.6 Å². The van der Waals surface area contributed by atoms with Gasteiger partial charge in [-0.3, -0.25) is 4.79 Å². The maximum absolute atomic E-state index is 13.7. The van der Waals surface area contributed by atoms with E-state index in [-0.39, 0.29) is 0 Å². The molecule has 1 N–H and O–H groups in total. The lowest BCUT2D eigenvalue weighted by atomic mass is 10.2. The number of aryl methyl sites for hydroxylation is 1. The van der Waals surface area contributed by atoms with Crippen molar-refractivity contribution >= 4 is 28.5 Å². The van der Waals surface area contributed by atoms with Crippen molar-refractivity contribution < 1.29 is 23.1 Å². The van der Waals surface area contributed by atoms with Crippen LogP contribution < -0.4 is 5.32 Å². The van der Waals surface area contributed by atoms with Crippen molar-refractivity contribution in [3.63, 3.8) is 0 Å². The number of esters is 1. The van der Waals surface area contributed by atoms with Crippen LogP contribution in [0.15, 0.2) is 48.7 Å². The highest BCUT2D eigenvalue weighted by Crippen LogP contribution is 2.23. The Morgan fingerprint density at radius 1 is 1.11 bits per heavy atom. The van der Waals surface area contributed by atoms with Gasteiger partial charge in [0.15, 0.2) is 6.10 Å². The van der Waals surface area contributed by atoms with E-state index in [0.29, 0.717) is 17.5 Å². The molecule has 5 nitrogen and oxygen atoms in total. The summed E-state index contributed by atoms with van der Waals surface area (Å²) in [5.74, 6) is -3.33. The number of carbonyl (C=O) groups excluding carboxylic acids is 2. The first-order chi connectivity index (χ1) is 12.9. The minimum Gasteiger partial charge on any atom is -0.449 e. The lowest BCUT2D eigenvalue weighted by molar-refractivity contribution is -0.123. The second-order valence-corrected chi connectivity index (χ2v) is 5.98. The molecule has 0 aliphatic carbocycles. The monoisotopic (exact) mass is 372 g/mol. The number of rotatable bonds is 5. The van der Waals surface area contributed by atoms with Gasteiger partial charge in [-0.1, -0.05) is 24.3 Å². The second kappa shape index (κ2) is 7.57. The molecule has 140 valence electrons. The van der Waals surface area contributed by atoms with Crippen molar-refractivity contribution in [1.82, 2.24) is 4.57 Å². The Kier molecular flexibility index (Phi) is 5.21. The van der Waals surface area contributed by atoms with Crippen molar-refractivity contribution in [2.45, 2.75) is 26.5 Å². The molecule has 0 saturated carbocycles. The molecular weight excluding hydrogens is 354 g/mol. The van der Waals surface area contributed by atoms with Gasteiger partial charge in [-0.15, -0.1) is 0 Å². The Balaban J connectivity index is 1.77. The third-order valence-corrected chi connectivity index (χ3v) is 4.21. The molecule has 1 unspecified atom stereocenters. The van der Waals surface area contributed by atoms with Crippen LogP contribution in [0.3, 0.4) is 0 Å². The number of benzene rings is 2. The van der Waals surface area contributed by atoms with Gasteiger partial charge in [0.1, 0.15) is 17.3 Å². The van der Waals surface area contributed by atoms with Crippen LogP contribution in [0.25, 0.3) is 10.9 Å². The number of hydrogen-bond acceptors (Lipinski definition) is 3. The Hall–Kier alpha value is -3.22. The molecule has 0 saturated heterocycles. The highest BCUT2D eigenvalue weighted by atomic mass is 19.1. The van der Waals surface area contributed by atoms with E-state index in [9.17, 15) is 18.4 Å². The summed E-state index contributed by atoms with van der Waals surface area (Å²) < 4.78 is 34.4. The van der Waals surface area contributed by atoms with E-state index in [1.807, 2.05) is 23.6 Å². The summed E-state index contributed by atoms with van der Waals surface area (Å²) in [6.07, 6.45) is 0.425. The summed E-state index contributed by atoms with van der Waals surface area (Å²) >= 11 is 0. The molecule has 27 heavy (non-hydrogen) atoms. The maximum atomic E-state index is 13.7. The lowest BCUT2D eigenvalue weighted by Gasteiger charge is -2.14. The zero-order valence-corrected chi connectivity index (χ0v) is 14.8. The van der Waals surface area contributed by atoms with Gasteiger partial charge in [-0.05, 0) is 32.0 Å². The van der Waals surface area contributed by atoms with Gasteiger partial charge in [0, 0.05) is 23.6 Å². The number of nitrogens with zero attached hydrogens (tertiary/aromatic N) is 1. The highest BCUT2D eigenvalue weighted by Gasteiger charge is 2.23. The number of aromatic nitrogens is 1. The number of halogens is 2. The summed E-state index contributed by atoms with van der Waals surface area (Å²) in [7, 11) is 0. The number of nitrogens with one attached hydrogen (secondary N) is 1. The van der Waals surface area contributed by atoms with E-state index in [1.165, 1.54) is 13.0 Å². The zero-order chi connectivity index (χ0) is 19.6. The van der Waals surface area contributed by atoms with Crippen molar-refractivity contribution in [3.8, 4) is 0 Å². The summed E-state index contributed by atoms with van der Waals surface area (Å²) in [4.78, 5) is 24.7. The largest absolute Gasteiger partial charge is 0.449 e. The number of para-hydroxylation sites is 2. The van der Waals surface area contributed by atoms with Gasteiger partial charge in [-0.25, -0.2) is 13.6 Å². The second-order valence-electron chi connectivity index (χ2n) is 5.98. The van der Waals surface area contributed by atoms with Gasteiger partial charge >= 0.3 is 5.97 Å². The molecule has 1 heterocycles. The first-order valence-electron chi connectivity index (χ1n) is 8.46. The minimum atomic E-state index is -1.24. The normalized spacial score (nSPS) is 12.0. The Morgan fingerprint density at radius 2 is 1.78 bits per heavy atom. The maximum Gasteiger partial charge on any atom is 0.341 e. The smallest absolute Gasteiger partial charge is 0.341 e. The van der Waals surface area contributed by atoms with Crippen molar-refractivity contribution in [2.24, 2.45) is 0 Å². The molecule has 0 bridgehead atoms. The predicted octanol–water partition coefficient (Wildman–Crippen LogP) is 4.12. The molecule has 2 aromatic carbocycles. The number of anilines is 1. The first kappa shape index (κ1) is 18.6. The molecule has 7 heteroatoms. The Morgan fingerprint density at radius 3 is 2.44 bits per heavy atom. The highest BCUT2D eigenvalue weighted by molar-refractivity contribution is 6.05. The summed E-state index contributed by atoms with van der Waals surface area (Å²) in [5.41, 5.74) is 0.620. The van der Waals surface area contributed by atoms with Crippen molar-refractivity contribution in [2.75, 3.05) is 5.32 Å². The van der Waals surface area contributed by atoms with Crippen LogP contribution in [0.1, 0.15) is 24.2 Å². The Bertz CT molecular complexity index is 993. The van der Waals surface area contributed by atoms with Gasteiger partial charge < -0.3 is 14.6 Å². The lowest BCUT2D eigenvalue weighted by Crippen LogP contribution is -2.30. The fourth-order valence-corrected chi connectivity index (χ4v) is 2.79. The summed E-state index contributed by atoms with van der Waals surface area (Å²) in [5, 5.41) is 2.82. The topological polar surface area (TPSA) is 60.3 Å². The molecule has 1 amide bonds. The van der Waals surface area contributed by atoms with Crippen LogP contribution in [0.2, 0.25) is 0 Å². The van der Waals surface area contributed by atoms with Gasteiger partial charge in [0.05, 0.1) is 5.56 Å². The van der Waals surface area contributed by atoms with Crippen LogP contribution in [0.5, 0.6) is 0 Å². The van der Waals surface area contributed by atoms with Crippen LogP contribution in [0.4, 0.5) is 14.5 Å². The van der Waals surface area contributed by atoms with Gasteiger partial charge in [0.2, 0.25) is 0 Å². The zero-order valence-electron chi connectivity index (χ0n) is 14.8. The average Bonchev–Trinajstić information content (AvgIpc) is 3.03. The number of carbonyl (C=O) groups is 2. The molecule has 1 atom stereocenters. The van der Waals surface area contributed by atoms with E-state index < -0.39 is 35.3 Å².